The Morgan fingerprint density at radius 3 is 2.52 bits per heavy atom. The first-order valence-corrected chi connectivity index (χ1v) is 7.78. The summed E-state index contributed by atoms with van der Waals surface area (Å²) in [4.78, 5) is 24.4. The van der Waals surface area contributed by atoms with E-state index in [9.17, 15) is 9.59 Å². The molecular formula is C19H19NO5. The van der Waals surface area contributed by atoms with Gasteiger partial charge in [0.15, 0.2) is 5.75 Å². The molecular weight excluding hydrogens is 322 g/mol. The van der Waals surface area contributed by atoms with Gasteiger partial charge < -0.3 is 14.2 Å². The van der Waals surface area contributed by atoms with Crippen molar-refractivity contribution in [1.29, 1.82) is 5.26 Å². The van der Waals surface area contributed by atoms with Crippen LogP contribution >= 0.6 is 0 Å². The first-order chi connectivity index (χ1) is 11.8. The predicted molar refractivity (Wildman–Crippen MR) is 91.3 cm³/mol. The minimum atomic E-state index is -0.907. The fourth-order valence-corrected chi connectivity index (χ4v) is 2.13. The molecule has 0 saturated carbocycles. The summed E-state index contributed by atoms with van der Waals surface area (Å²) >= 11 is 0. The maximum atomic E-state index is 12.3. The van der Waals surface area contributed by atoms with Gasteiger partial charge in [-0.05, 0) is 32.2 Å². The highest BCUT2D eigenvalue weighted by atomic mass is 16.7. The molecule has 2 aromatic carbocycles. The number of carbonyl (C=O) groups is 2. The van der Waals surface area contributed by atoms with Crippen LogP contribution in [0.1, 0.15) is 37.6 Å². The molecule has 0 heterocycles. The SMILES string of the molecule is CC(C)(C)OC(=O)Oc1c(C(=O)OCCC#N)ccc2ccccc12. The van der Waals surface area contributed by atoms with E-state index in [-0.39, 0.29) is 24.3 Å². The number of nitriles is 1. The molecule has 0 aliphatic heterocycles. The van der Waals surface area contributed by atoms with E-state index in [1.54, 1.807) is 39.0 Å². The molecule has 0 aromatic heterocycles. The Hall–Kier alpha value is -3.07. The van der Waals surface area contributed by atoms with E-state index in [4.69, 9.17) is 19.5 Å². The van der Waals surface area contributed by atoms with Gasteiger partial charge in [-0.15, -0.1) is 0 Å². The van der Waals surface area contributed by atoms with Crippen molar-refractivity contribution in [2.45, 2.75) is 32.8 Å². The number of rotatable bonds is 4. The number of carbonyl (C=O) groups excluding carboxylic acids is 2. The lowest BCUT2D eigenvalue weighted by Gasteiger charge is -2.20. The quantitative estimate of drug-likeness (QED) is 0.470. The zero-order valence-electron chi connectivity index (χ0n) is 14.4. The average Bonchev–Trinajstić information content (AvgIpc) is 2.53. The van der Waals surface area contributed by atoms with Crippen molar-refractivity contribution >= 4 is 22.9 Å². The van der Waals surface area contributed by atoms with Crippen molar-refractivity contribution in [2.24, 2.45) is 0 Å². The predicted octanol–water partition coefficient (Wildman–Crippen LogP) is 4.22. The summed E-state index contributed by atoms with van der Waals surface area (Å²) in [6.45, 7) is 5.12. The second kappa shape index (κ2) is 7.67. The second-order valence-corrected chi connectivity index (χ2v) is 6.27. The van der Waals surface area contributed by atoms with E-state index in [2.05, 4.69) is 0 Å². The molecule has 0 bridgehead atoms. The van der Waals surface area contributed by atoms with Crippen molar-refractivity contribution in [3.05, 3.63) is 42.0 Å². The third kappa shape index (κ3) is 4.95. The number of fused-ring (bicyclic) bond motifs is 1. The molecule has 0 amide bonds. The largest absolute Gasteiger partial charge is 0.514 e. The van der Waals surface area contributed by atoms with E-state index in [0.29, 0.717) is 5.39 Å². The highest BCUT2D eigenvalue weighted by molar-refractivity contribution is 6.02. The van der Waals surface area contributed by atoms with Crippen LogP contribution in [0.4, 0.5) is 4.79 Å². The van der Waals surface area contributed by atoms with Gasteiger partial charge in [-0.1, -0.05) is 30.3 Å². The Morgan fingerprint density at radius 1 is 1.12 bits per heavy atom. The van der Waals surface area contributed by atoms with Gasteiger partial charge in [0, 0.05) is 5.39 Å². The molecule has 6 nitrogen and oxygen atoms in total. The lowest BCUT2D eigenvalue weighted by Crippen LogP contribution is -2.26. The van der Waals surface area contributed by atoms with Gasteiger partial charge in [0.25, 0.3) is 0 Å². The van der Waals surface area contributed by atoms with Crippen LogP contribution in [0.5, 0.6) is 5.75 Å². The lowest BCUT2D eigenvalue weighted by molar-refractivity contribution is 0.0205. The fraction of sp³-hybridized carbons (Fsp3) is 0.316. The molecule has 130 valence electrons. The summed E-state index contributed by atoms with van der Waals surface area (Å²) < 4.78 is 15.5. The van der Waals surface area contributed by atoms with E-state index >= 15 is 0 Å². The molecule has 0 spiro atoms. The normalized spacial score (nSPS) is 10.8. The van der Waals surface area contributed by atoms with Crippen LogP contribution in [0, 0.1) is 11.3 Å². The van der Waals surface area contributed by atoms with Gasteiger partial charge >= 0.3 is 12.1 Å². The minimum Gasteiger partial charge on any atom is -0.461 e. The zero-order valence-corrected chi connectivity index (χ0v) is 14.4. The molecule has 6 heteroatoms. The molecule has 0 fully saturated rings. The van der Waals surface area contributed by atoms with Crippen LogP contribution in [0.25, 0.3) is 10.8 Å². The zero-order chi connectivity index (χ0) is 18.4. The van der Waals surface area contributed by atoms with Gasteiger partial charge in [0.05, 0.1) is 12.5 Å². The topological polar surface area (TPSA) is 85.6 Å². The van der Waals surface area contributed by atoms with Crippen molar-refractivity contribution in [3.63, 3.8) is 0 Å². The second-order valence-electron chi connectivity index (χ2n) is 6.27. The standard InChI is InChI=1S/C19H19NO5/c1-19(2,3)25-18(22)24-16-14-8-5-4-7-13(14)9-10-15(16)17(21)23-12-6-11-20/h4-5,7-10H,6,12H2,1-3H3. The van der Waals surface area contributed by atoms with Crippen LogP contribution in [0.2, 0.25) is 0 Å². The Balaban J connectivity index is 2.39. The maximum absolute atomic E-state index is 12.3. The first-order valence-electron chi connectivity index (χ1n) is 7.78. The maximum Gasteiger partial charge on any atom is 0.514 e. The molecule has 0 N–H and O–H groups in total. The molecule has 0 unspecified atom stereocenters. The number of nitrogens with zero attached hydrogens (tertiary/aromatic N) is 1. The number of hydrogen-bond acceptors (Lipinski definition) is 6. The van der Waals surface area contributed by atoms with Crippen molar-refractivity contribution in [1.82, 2.24) is 0 Å². The highest BCUT2D eigenvalue weighted by Gasteiger charge is 2.23. The van der Waals surface area contributed by atoms with Gasteiger partial charge in [-0.25, -0.2) is 9.59 Å². The molecule has 0 aliphatic rings. The minimum absolute atomic E-state index is 0.0337. The highest BCUT2D eigenvalue weighted by Crippen LogP contribution is 2.31. The van der Waals surface area contributed by atoms with Gasteiger partial charge in [0.1, 0.15) is 17.8 Å². The number of esters is 1. The van der Waals surface area contributed by atoms with Gasteiger partial charge in [0.2, 0.25) is 0 Å². The Labute approximate surface area is 145 Å². The van der Waals surface area contributed by atoms with Crippen molar-refractivity contribution < 1.29 is 23.8 Å². The van der Waals surface area contributed by atoms with E-state index < -0.39 is 17.7 Å². The third-order valence-electron chi connectivity index (χ3n) is 3.12. The first kappa shape index (κ1) is 18.3. The van der Waals surface area contributed by atoms with E-state index in [1.165, 1.54) is 6.07 Å². The monoisotopic (exact) mass is 341 g/mol. The van der Waals surface area contributed by atoms with Gasteiger partial charge in [-0.3, -0.25) is 0 Å². The van der Waals surface area contributed by atoms with Gasteiger partial charge in [-0.2, -0.15) is 5.26 Å². The fourth-order valence-electron chi connectivity index (χ4n) is 2.13. The van der Waals surface area contributed by atoms with Crippen LogP contribution in [-0.4, -0.2) is 24.3 Å². The molecule has 0 atom stereocenters. The summed E-state index contributed by atoms with van der Waals surface area (Å²) in [5.74, 6) is -0.589. The summed E-state index contributed by atoms with van der Waals surface area (Å²) in [5, 5.41) is 9.93. The lowest BCUT2D eigenvalue weighted by atomic mass is 10.1. The van der Waals surface area contributed by atoms with Crippen LogP contribution in [-0.2, 0) is 9.47 Å². The molecule has 0 aliphatic carbocycles. The summed E-state index contributed by atoms with van der Waals surface area (Å²) in [5.41, 5.74) is -0.628. The molecule has 2 rings (SSSR count). The van der Waals surface area contributed by atoms with Crippen LogP contribution in [0.15, 0.2) is 36.4 Å². The summed E-state index contributed by atoms with van der Waals surface area (Å²) in [6.07, 6.45) is -0.823. The Bertz CT molecular complexity index is 830. The number of ether oxygens (including phenoxy) is 3. The van der Waals surface area contributed by atoms with E-state index in [1.807, 2.05) is 18.2 Å². The van der Waals surface area contributed by atoms with Crippen LogP contribution in [0.3, 0.4) is 0 Å². The van der Waals surface area contributed by atoms with Crippen molar-refractivity contribution in [2.75, 3.05) is 6.61 Å². The van der Waals surface area contributed by atoms with Crippen LogP contribution < -0.4 is 4.74 Å². The summed E-state index contributed by atoms with van der Waals surface area (Å²) in [7, 11) is 0. The summed E-state index contributed by atoms with van der Waals surface area (Å²) in [6, 6.07) is 12.3. The Kier molecular flexibility index (Phi) is 5.60. The molecule has 0 radical (unpaired) electrons. The third-order valence-corrected chi connectivity index (χ3v) is 3.12. The average molecular weight is 341 g/mol. The molecule has 2 aromatic rings. The molecule has 25 heavy (non-hydrogen) atoms. The van der Waals surface area contributed by atoms with Crippen molar-refractivity contribution in [3.8, 4) is 11.8 Å². The molecule has 0 saturated heterocycles. The Morgan fingerprint density at radius 2 is 1.84 bits per heavy atom. The number of hydrogen-bond donors (Lipinski definition) is 0. The smallest absolute Gasteiger partial charge is 0.461 e. The van der Waals surface area contributed by atoms with E-state index in [0.717, 1.165) is 5.39 Å². The number of benzene rings is 2.